The summed E-state index contributed by atoms with van der Waals surface area (Å²) in [5, 5.41) is 0. The van der Waals surface area contributed by atoms with Gasteiger partial charge in [-0.15, -0.1) is 0 Å². The molecule has 1 atom stereocenters. The molecular weight excluding hydrogens is 416 g/mol. The molecule has 0 aromatic heterocycles. The quantitative estimate of drug-likeness (QED) is 0.750. The third-order valence-corrected chi connectivity index (χ3v) is 8.01. The third-order valence-electron chi connectivity index (χ3n) is 3.08. The van der Waals surface area contributed by atoms with E-state index in [2.05, 4.69) is 31.9 Å². The number of hydrogen-bond donors (Lipinski definition) is 1. The van der Waals surface area contributed by atoms with Gasteiger partial charge in [0.2, 0.25) is 10.0 Å². The number of rotatable bonds is 3. The van der Waals surface area contributed by atoms with E-state index >= 15 is 0 Å². The molecule has 1 aromatic rings. The minimum atomic E-state index is -3.53. The zero-order valence-electron chi connectivity index (χ0n) is 10.3. The van der Waals surface area contributed by atoms with Crippen LogP contribution in [0.5, 0.6) is 0 Å². The van der Waals surface area contributed by atoms with Crippen molar-refractivity contribution in [1.82, 2.24) is 4.31 Å². The molecule has 1 aliphatic rings. The number of nitrogens with two attached hydrogens (primary N) is 1. The van der Waals surface area contributed by atoms with E-state index in [-0.39, 0.29) is 10.9 Å². The van der Waals surface area contributed by atoms with Crippen molar-refractivity contribution in [1.29, 1.82) is 0 Å². The molecule has 1 unspecified atom stereocenters. The van der Waals surface area contributed by atoms with Crippen molar-refractivity contribution in [2.75, 3.05) is 24.3 Å². The molecule has 1 saturated heterocycles. The van der Waals surface area contributed by atoms with Gasteiger partial charge in [-0.25, -0.2) is 8.42 Å². The monoisotopic (exact) mass is 428 g/mol. The van der Waals surface area contributed by atoms with Crippen LogP contribution in [-0.2, 0) is 10.0 Å². The second kappa shape index (κ2) is 5.93. The van der Waals surface area contributed by atoms with E-state index in [1.807, 2.05) is 0 Å². The zero-order valence-corrected chi connectivity index (χ0v) is 15.1. The van der Waals surface area contributed by atoms with Gasteiger partial charge in [-0.3, -0.25) is 0 Å². The maximum absolute atomic E-state index is 12.7. The van der Waals surface area contributed by atoms with Crippen molar-refractivity contribution in [2.45, 2.75) is 17.4 Å². The molecule has 1 heterocycles. The molecular formula is C11H14Br2N2O2S2. The fraction of sp³-hybridized carbons (Fsp3) is 0.455. The molecule has 2 N–H and O–H groups in total. The Morgan fingerprint density at radius 3 is 2.42 bits per heavy atom. The summed E-state index contributed by atoms with van der Waals surface area (Å²) in [5.74, 6) is 1.86. The molecule has 4 nitrogen and oxygen atoms in total. The number of halogens is 2. The molecule has 106 valence electrons. The lowest BCUT2D eigenvalue weighted by Crippen LogP contribution is -2.37. The van der Waals surface area contributed by atoms with Crippen molar-refractivity contribution < 1.29 is 8.42 Å². The molecule has 2 rings (SSSR count). The van der Waals surface area contributed by atoms with Gasteiger partial charge in [-0.05, 0) is 56.2 Å². The van der Waals surface area contributed by atoms with Gasteiger partial charge in [0.05, 0.1) is 0 Å². The van der Waals surface area contributed by atoms with Crippen molar-refractivity contribution in [2.24, 2.45) is 0 Å². The second-order valence-corrected chi connectivity index (χ2v) is 9.15. The molecule has 0 spiro atoms. The molecule has 1 aromatic carbocycles. The number of sulfonamides is 1. The molecule has 19 heavy (non-hydrogen) atoms. The van der Waals surface area contributed by atoms with Crippen LogP contribution in [0.1, 0.15) is 6.42 Å². The second-order valence-electron chi connectivity index (χ2n) is 4.35. The number of anilines is 1. The molecule has 0 aliphatic carbocycles. The molecule has 1 aliphatic heterocycles. The van der Waals surface area contributed by atoms with E-state index in [0.29, 0.717) is 14.6 Å². The van der Waals surface area contributed by atoms with Gasteiger partial charge < -0.3 is 5.73 Å². The Bertz CT molecular complexity index is 563. The minimum Gasteiger partial charge on any atom is -0.399 e. The highest BCUT2D eigenvalue weighted by molar-refractivity contribution is 9.11. The summed E-state index contributed by atoms with van der Waals surface area (Å²) in [4.78, 5) is 0.237. The summed E-state index contributed by atoms with van der Waals surface area (Å²) in [7, 11) is -1.89. The van der Waals surface area contributed by atoms with E-state index in [0.717, 1.165) is 17.9 Å². The highest BCUT2D eigenvalue weighted by Gasteiger charge is 2.33. The van der Waals surface area contributed by atoms with E-state index < -0.39 is 10.0 Å². The predicted octanol–water partition coefficient (Wildman–Crippen LogP) is 2.92. The van der Waals surface area contributed by atoms with Gasteiger partial charge in [0.15, 0.2) is 0 Å². The van der Waals surface area contributed by atoms with Crippen LogP contribution < -0.4 is 5.73 Å². The standard InChI is InChI=1S/C11H14Br2N2O2S2/c1-15(8-2-3-18-6-8)19(16,17)11-9(12)4-7(14)5-10(11)13/h4-5,8H,2-3,6,14H2,1H3. The van der Waals surface area contributed by atoms with Crippen LogP contribution in [0.25, 0.3) is 0 Å². The Balaban J connectivity index is 2.44. The van der Waals surface area contributed by atoms with Crippen molar-refractivity contribution in [3.05, 3.63) is 21.1 Å². The summed E-state index contributed by atoms with van der Waals surface area (Å²) in [5.41, 5.74) is 6.21. The molecule has 0 saturated carbocycles. The smallest absolute Gasteiger partial charge is 0.245 e. The lowest BCUT2D eigenvalue weighted by molar-refractivity contribution is 0.394. The SMILES string of the molecule is CN(C1CCSC1)S(=O)(=O)c1c(Br)cc(N)cc1Br. The van der Waals surface area contributed by atoms with Crippen LogP contribution in [0.2, 0.25) is 0 Å². The first-order chi connectivity index (χ1) is 8.84. The highest BCUT2D eigenvalue weighted by Crippen LogP contribution is 2.36. The van der Waals surface area contributed by atoms with Crippen LogP contribution in [0.3, 0.4) is 0 Å². The molecule has 1 fully saturated rings. The highest BCUT2D eigenvalue weighted by atomic mass is 79.9. The number of thioether (sulfide) groups is 1. The summed E-state index contributed by atoms with van der Waals surface area (Å²) in [6, 6.07) is 3.27. The molecule has 0 bridgehead atoms. The van der Waals surface area contributed by atoms with Gasteiger partial charge in [-0.1, -0.05) is 0 Å². The molecule has 0 radical (unpaired) electrons. The van der Waals surface area contributed by atoms with Crippen LogP contribution in [0.4, 0.5) is 5.69 Å². The normalized spacial score (nSPS) is 20.1. The Labute approximate surface area is 134 Å². The summed E-state index contributed by atoms with van der Waals surface area (Å²) in [6.45, 7) is 0. The molecule has 0 amide bonds. The van der Waals surface area contributed by atoms with Gasteiger partial charge in [0, 0.05) is 33.5 Å². The first kappa shape index (κ1) is 15.6. The number of nitrogen functional groups attached to an aromatic ring is 1. The van der Waals surface area contributed by atoms with Gasteiger partial charge in [0.1, 0.15) is 4.90 Å². The Morgan fingerprint density at radius 1 is 1.37 bits per heavy atom. The van der Waals surface area contributed by atoms with Crippen LogP contribution in [-0.4, -0.2) is 37.3 Å². The summed E-state index contributed by atoms with van der Waals surface area (Å²) in [6.07, 6.45) is 0.893. The predicted molar refractivity (Wildman–Crippen MR) is 86.9 cm³/mol. The fourth-order valence-electron chi connectivity index (χ4n) is 1.98. The first-order valence-corrected chi connectivity index (χ1v) is 9.82. The Hall–Kier alpha value is 0.240. The van der Waals surface area contributed by atoms with E-state index in [1.165, 1.54) is 4.31 Å². The first-order valence-electron chi connectivity index (χ1n) is 5.64. The third kappa shape index (κ3) is 3.12. The van der Waals surface area contributed by atoms with Gasteiger partial charge in [0.25, 0.3) is 0 Å². The van der Waals surface area contributed by atoms with Crippen LogP contribution in [0.15, 0.2) is 26.0 Å². The summed E-state index contributed by atoms with van der Waals surface area (Å²) < 4.78 is 27.8. The van der Waals surface area contributed by atoms with Crippen molar-refractivity contribution in [3.63, 3.8) is 0 Å². The lowest BCUT2D eigenvalue weighted by Gasteiger charge is -2.24. The average Bonchev–Trinajstić information content (AvgIpc) is 2.78. The number of benzene rings is 1. The largest absolute Gasteiger partial charge is 0.399 e. The topological polar surface area (TPSA) is 63.4 Å². The van der Waals surface area contributed by atoms with Crippen LogP contribution >= 0.6 is 43.6 Å². The lowest BCUT2D eigenvalue weighted by atomic mass is 10.3. The van der Waals surface area contributed by atoms with E-state index in [9.17, 15) is 8.42 Å². The fourth-order valence-corrected chi connectivity index (χ4v) is 7.26. The zero-order chi connectivity index (χ0) is 14.2. The van der Waals surface area contributed by atoms with E-state index in [1.54, 1.807) is 30.9 Å². The van der Waals surface area contributed by atoms with Gasteiger partial charge in [-0.2, -0.15) is 16.1 Å². The van der Waals surface area contributed by atoms with Crippen molar-refractivity contribution >= 4 is 59.3 Å². The minimum absolute atomic E-state index is 0.0614. The Morgan fingerprint density at radius 2 is 1.95 bits per heavy atom. The summed E-state index contributed by atoms with van der Waals surface area (Å²) >= 11 is 8.36. The van der Waals surface area contributed by atoms with E-state index in [4.69, 9.17) is 5.73 Å². The van der Waals surface area contributed by atoms with Crippen LogP contribution in [0, 0.1) is 0 Å². The van der Waals surface area contributed by atoms with Crippen molar-refractivity contribution in [3.8, 4) is 0 Å². The maximum Gasteiger partial charge on any atom is 0.245 e. The van der Waals surface area contributed by atoms with Gasteiger partial charge >= 0.3 is 0 Å². The maximum atomic E-state index is 12.7. The molecule has 8 heteroatoms. The number of hydrogen-bond acceptors (Lipinski definition) is 4. The number of nitrogens with zero attached hydrogens (tertiary/aromatic N) is 1. The Kier molecular flexibility index (Phi) is 4.88. The average molecular weight is 430 g/mol.